The lowest BCUT2D eigenvalue weighted by Crippen LogP contribution is -2.03. The van der Waals surface area contributed by atoms with Gasteiger partial charge in [-0.1, -0.05) is 18.5 Å². The Kier molecular flexibility index (Phi) is 3.62. The highest BCUT2D eigenvalue weighted by Crippen LogP contribution is 2.23. The van der Waals surface area contributed by atoms with Gasteiger partial charge in [0, 0.05) is 5.69 Å². The maximum Gasteiger partial charge on any atom is 0.337 e. The fourth-order valence-corrected chi connectivity index (χ4v) is 2.45. The van der Waals surface area contributed by atoms with Crippen molar-refractivity contribution in [1.29, 1.82) is 0 Å². The Hall–Kier alpha value is -1.81. The normalized spacial score (nSPS) is 10.7. The number of hydrogen-bond donors (Lipinski definition) is 1. The molecule has 0 amide bonds. The highest BCUT2D eigenvalue weighted by Gasteiger charge is 2.14. The van der Waals surface area contributed by atoms with Crippen LogP contribution in [0.1, 0.15) is 34.2 Å². The van der Waals surface area contributed by atoms with Crippen molar-refractivity contribution in [2.24, 2.45) is 0 Å². The zero-order chi connectivity index (χ0) is 14.2. The molecule has 2 aromatic rings. The van der Waals surface area contributed by atoms with Crippen LogP contribution in [0, 0.1) is 13.8 Å². The molecule has 0 unspecified atom stereocenters. The number of carbonyl (C=O) groups is 1. The molecule has 2 rings (SSSR count). The minimum atomic E-state index is -1.04. The van der Waals surface area contributed by atoms with E-state index in [4.69, 9.17) is 16.7 Å². The molecular weight excluding hydrogens is 264 g/mol. The van der Waals surface area contributed by atoms with Gasteiger partial charge in [-0.3, -0.25) is 0 Å². The Balaban J connectivity index is 2.60. The van der Waals surface area contributed by atoms with Crippen LogP contribution in [0.25, 0.3) is 5.69 Å². The van der Waals surface area contributed by atoms with Crippen molar-refractivity contribution in [3.63, 3.8) is 0 Å². The molecule has 0 bridgehead atoms. The zero-order valence-electron chi connectivity index (χ0n) is 11.1. The van der Waals surface area contributed by atoms with Crippen molar-refractivity contribution in [3.05, 3.63) is 45.7 Å². The lowest BCUT2D eigenvalue weighted by molar-refractivity contribution is 0.0697. The first-order chi connectivity index (χ1) is 8.95. The summed E-state index contributed by atoms with van der Waals surface area (Å²) in [4.78, 5) is 11.1. The van der Waals surface area contributed by atoms with Crippen LogP contribution in [0.5, 0.6) is 0 Å². The van der Waals surface area contributed by atoms with Gasteiger partial charge >= 0.3 is 5.97 Å². The van der Waals surface area contributed by atoms with E-state index in [2.05, 4.69) is 12.0 Å². The summed E-state index contributed by atoms with van der Waals surface area (Å²) in [5.74, 6) is -1.04. The second-order valence-corrected chi connectivity index (χ2v) is 4.79. The molecule has 1 heterocycles. The number of rotatable bonds is 3. The monoisotopic (exact) mass is 278 g/mol. The van der Waals surface area contributed by atoms with Gasteiger partial charge in [0.2, 0.25) is 0 Å². The van der Waals surface area contributed by atoms with Crippen LogP contribution in [0.15, 0.2) is 18.2 Å². The first-order valence-electron chi connectivity index (χ1n) is 6.04. The first-order valence-corrected chi connectivity index (χ1v) is 6.41. The Morgan fingerprint density at radius 1 is 1.42 bits per heavy atom. The van der Waals surface area contributed by atoms with E-state index in [0.29, 0.717) is 5.69 Å². The predicted octanol–water partition coefficient (Wildman–Crippen LogP) is 3.40. The van der Waals surface area contributed by atoms with Crippen molar-refractivity contribution in [2.75, 3.05) is 0 Å². The van der Waals surface area contributed by atoms with Gasteiger partial charge in [-0.15, -0.1) is 0 Å². The third-order valence-electron chi connectivity index (χ3n) is 3.22. The average Bonchev–Trinajstić information content (AvgIpc) is 2.64. The van der Waals surface area contributed by atoms with Gasteiger partial charge in [0.05, 0.1) is 22.0 Å². The van der Waals surface area contributed by atoms with Crippen molar-refractivity contribution >= 4 is 17.6 Å². The smallest absolute Gasteiger partial charge is 0.337 e. The average molecular weight is 279 g/mol. The largest absolute Gasteiger partial charge is 0.478 e. The van der Waals surface area contributed by atoms with Gasteiger partial charge in [0.15, 0.2) is 0 Å². The summed E-state index contributed by atoms with van der Waals surface area (Å²) in [7, 11) is 0. The van der Waals surface area contributed by atoms with Crippen molar-refractivity contribution < 1.29 is 9.90 Å². The molecule has 1 aromatic heterocycles. The second-order valence-electron chi connectivity index (χ2n) is 4.38. The minimum absolute atomic E-state index is 0.0877. The Morgan fingerprint density at radius 2 is 2.11 bits per heavy atom. The summed E-state index contributed by atoms with van der Waals surface area (Å²) in [6, 6.07) is 4.90. The topological polar surface area (TPSA) is 55.1 Å². The molecule has 0 aliphatic heterocycles. The molecule has 0 aliphatic rings. The SMILES string of the molecule is CCc1c(C)nn(-c2ccc(Cl)c(C(=O)O)c2)c1C. The van der Waals surface area contributed by atoms with E-state index >= 15 is 0 Å². The summed E-state index contributed by atoms with van der Waals surface area (Å²) >= 11 is 5.87. The Bertz CT molecular complexity index is 647. The molecule has 19 heavy (non-hydrogen) atoms. The molecule has 0 spiro atoms. The van der Waals surface area contributed by atoms with Crippen LogP contribution in [-0.4, -0.2) is 20.9 Å². The summed E-state index contributed by atoms with van der Waals surface area (Å²) < 4.78 is 1.76. The molecule has 5 heteroatoms. The summed E-state index contributed by atoms with van der Waals surface area (Å²) in [5.41, 5.74) is 3.98. The predicted molar refractivity (Wildman–Crippen MR) is 74.4 cm³/mol. The zero-order valence-corrected chi connectivity index (χ0v) is 11.8. The van der Waals surface area contributed by atoms with E-state index in [0.717, 1.165) is 17.8 Å². The Morgan fingerprint density at radius 3 is 2.63 bits per heavy atom. The van der Waals surface area contributed by atoms with E-state index in [1.165, 1.54) is 5.56 Å². The number of aryl methyl sites for hydroxylation is 1. The maximum atomic E-state index is 11.1. The number of carboxylic acid groups (broad SMARTS) is 1. The van der Waals surface area contributed by atoms with Crippen LogP contribution in [0.2, 0.25) is 5.02 Å². The van der Waals surface area contributed by atoms with Gasteiger partial charge in [-0.25, -0.2) is 9.48 Å². The van der Waals surface area contributed by atoms with Gasteiger partial charge in [-0.2, -0.15) is 5.10 Å². The van der Waals surface area contributed by atoms with E-state index in [1.54, 1.807) is 22.9 Å². The van der Waals surface area contributed by atoms with E-state index in [1.807, 2.05) is 13.8 Å². The van der Waals surface area contributed by atoms with Crippen LogP contribution >= 0.6 is 11.6 Å². The molecule has 1 aromatic carbocycles. The van der Waals surface area contributed by atoms with Crippen LogP contribution in [-0.2, 0) is 6.42 Å². The Labute approximate surface area is 116 Å². The van der Waals surface area contributed by atoms with E-state index in [-0.39, 0.29) is 10.6 Å². The van der Waals surface area contributed by atoms with Crippen LogP contribution in [0.3, 0.4) is 0 Å². The first kappa shape index (κ1) is 13.6. The lowest BCUT2D eigenvalue weighted by atomic mass is 10.1. The van der Waals surface area contributed by atoms with Crippen molar-refractivity contribution in [1.82, 2.24) is 9.78 Å². The number of halogens is 1. The molecule has 0 saturated carbocycles. The highest BCUT2D eigenvalue weighted by atomic mass is 35.5. The number of nitrogens with zero attached hydrogens (tertiary/aromatic N) is 2. The number of aromatic carboxylic acids is 1. The molecule has 0 fully saturated rings. The fourth-order valence-electron chi connectivity index (χ4n) is 2.25. The number of carboxylic acids is 1. The van der Waals surface area contributed by atoms with Crippen molar-refractivity contribution in [2.45, 2.75) is 27.2 Å². The van der Waals surface area contributed by atoms with E-state index < -0.39 is 5.97 Å². The summed E-state index contributed by atoms with van der Waals surface area (Å²) in [6.45, 7) is 6.01. The van der Waals surface area contributed by atoms with Gasteiger partial charge in [0.25, 0.3) is 0 Å². The maximum absolute atomic E-state index is 11.1. The fraction of sp³-hybridized carbons (Fsp3) is 0.286. The number of benzene rings is 1. The molecule has 0 saturated heterocycles. The van der Waals surface area contributed by atoms with Crippen molar-refractivity contribution in [3.8, 4) is 5.69 Å². The third kappa shape index (κ3) is 2.36. The van der Waals surface area contributed by atoms with Gasteiger partial charge < -0.3 is 5.11 Å². The molecular formula is C14H15ClN2O2. The highest BCUT2D eigenvalue weighted by molar-refractivity contribution is 6.33. The third-order valence-corrected chi connectivity index (χ3v) is 3.55. The summed E-state index contributed by atoms with van der Waals surface area (Å²) in [5, 5.41) is 13.8. The number of hydrogen-bond acceptors (Lipinski definition) is 2. The van der Waals surface area contributed by atoms with Gasteiger partial charge in [-0.05, 0) is 44.0 Å². The standard InChI is InChI=1S/C14H15ClN2O2/c1-4-11-8(2)16-17(9(11)3)10-5-6-13(15)12(7-10)14(18)19/h5-7H,4H2,1-3H3,(H,18,19). The molecule has 0 atom stereocenters. The quantitative estimate of drug-likeness (QED) is 0.936. The van der Waals surface area contributed by atoms with Crippen LogP contribution < -0.4 is 0 Å². The van der Waals surface area contributed by atoms with Gasteiger partial charge in [0.1, 0.15) is 0 Å². The second kappa shape index (κ2) is 5.05. The molecule has 1 N–H and O–H groups in total. The molecule has 0 aliphatic carbocycles. The minimum Gasteiger partial charge on any atom is -0.478 e. The number of aromatic nitrogens is 2. The summed E-state index contributed by atoms with van der Waals surface area (Å²) in [6.07, 6.45) is 0.900. The lowest BCUT2D eigenvalue weighted by Gasteiger charge is -2.07. The van der Waals surface area contributed by atoms with E-state index in [9.17, 15) is 4.79 Å². The molecule has 0 radical (unpaired) electrons. The van der Waals surface area contributed by atoms with Crippen LogP contribution in [0.4, 0.5) is 0 Å². The molecule has 100 valence electrons. The molecule has 4 nitrogen and oxygen atoms in total.